The van der Waals surface area contributed by atoms with Gasteiger partial charge in [0.15, 0.2) is 9.84 Å². The number of benzene rings is 1. The standard InChI is InChI=1S/C9H12O3S/c1-3-13(10,11)9-6-4-5-8(7-9)12-2/h4-7H,3H2,1-2H3/i3+1D2. The maximum atomic E-state index is 11.7. The number of hydrogen-bond acceptors (Lipinski definition) is 3. The normalized spacial score (nSPS) is 14.6. The molecule has 72 valence electrons. The summed E-state index contributed by atoms with van der Waals surface area (Å²) < 4.78 is 42.7. The molecule has 0 aliphatic carbocycles. The molecule has 0 amide bonds. The fourth-order valence-electron chi connectivity index (χ4n) is 0.886. The van der Waals surface area contributed by atoms with E-state index in [1.54, 1.807) is 6.07 Å². The van der Waals surface area contributed by atoms with Gasteiger partial charge in [-0.15, -0.1) is 0 Å². The minimum atomic E-state index is -3.96. The molecule has 0 spiro atoms. The third-order valence-corrected chi connectivity index (χ3v) is 3.03. The van der Waals surface area contributed by atoms with Crippen LogP contribution in [-0.4, -0.2) is 21.2 Å². The number of sulfone groups is 1. The molecule has 0 saturated heterocycles. The van der Waals surface area contributed by atoms with Crippen molar-refractivity contribution in [2.45, 2.75) is 11.8 Å². The zero-order valence-corrected chi connectivity index (χ0v) is 8.26. The lowest BCUT2D eigenvalue weighted by Gasteiger charge is -2.03. The minimum Gasteiger partial charge on any atom is -0.497 e. The van der Waals surface area contributed by atoms with Gasteiger partial charge in [0.2, 0.25) is 0 Å². The average molecular weight is 203 g/mol. The fourth-order valence-corrected chi connectivity index (χ4v) is 1.65. The van der Waals surface area contributed by atoms with Gasteiger partial charge in [-0.05, 0) is 18.2 Å². The highest BCUT2D eigenvalue weighted by Crippen LogP contribution is 2.17. The van der Waals surface area contributed by atoms with Crippen LogP contribution in [0.4, 0.5) is 0 Å². The van der Waals surface area contributed by atoms with Crippen molar-refractivity contribution in [1.82, 2.24) is 0 Å². The fraction of sp³-hybridized carbons (Fsp3) is 0.333. The summed E-state index contributed by atoms with van der Waals surface area (Å²) in [5, 5.41) is 0. The van der Waals surface area contributed by atoms with Gasteiger partial charge in [-0.25, -0.2) is 8.42 Å². The van der Waals surface area contributed by atoms with Crippen molar-refractivity contribution in [2.24, 2.45) is 0 Å². The minimum absolute atomic E-state index is 0.0747. The number of rotatable bonds is 3. The summed E-state index contributed by atoms with van der Waals surface area (Å²) >= 11 is 0. The first-order chi connectivity index (χ1) is 6.79. The lowest BCUT2D eigenvalue weighted by atomic mass is 10.3. The van der Waals surface area contributed by atoms with Crippen LogP contribution in [0.2, 0.25) is 0 Å². The van der Waals surface area contributed by atoms with Gasteiger partial charge >= 0.3 is 0 Å². The van der Waals surface area contributed by atoms with Gasteiger partial charge in [-0.1, -0.05) is 13.0 Å². The van der Waals surface area contributed by atoms with Crippen molar-refractivity contribution in [3.05, 3.63) is 24.3 Å². The molecular weight excluding hydrogens is 189 g/mol. The summed E-state index contributed by atoms with van der Waals surface area (Å²) in [6.07, 6.45) is 0. The zero-order valence-electron chi connectivity index (χ0n) is 9.44. The molecule has 0 bridgehead atoms. The van der Waals surface area contributed by atoms with Crippen molar-refractivity contribution in [1.29, 1.82) is 0 Å². The Morgan fingerprint density at radius 1 is 1.54 bits per heavy atom. The summed E-state index contributed by atoms with van der Waals surface area (Å²) in [7, 11) is -2.53. The molecule has 4 heteroatoms. The van der Waals surface area contributed by atoms with E-state index in [-0.39, 0.29) is 4.90 Å². The molecular formula is C9H12O3S. The van der Waals surface area contributed by atoms with Gasteiger partial charge < -0.3 is 4.74 Å². The quantitative estimate of drug-likeness (QED) is 0.699. The molecule has 0 aliphatic heterocycles. The van der Waals surface area contributed by atoms with Crippen LogP contribution < -0.4 is 4.74 Å². The molecule has 13 heavy (non-hydrogen) atoms. The molecule has 0 atom stereocenters. The number of hydrogen-bond donors (Lipinski definition) is 0. The lowest BCUT2D eigenvalue weighted by Crippen LogP contribution is -2.03. The molecule has 1 aromatic carbocycles. The molecule has 0 aliphatic rings. The largest absolute Gasteiger partial charge is 0.497 e. The van der Waals surface area contributed by atoms with Gasteiger partial charge in [0.05, 0.1) is 17.7 Å². The Kier molecular flexibility index (Phi) is 2.15. The van der Waals surface area contributed by atoms with Crippen molar-refractivity contribution < 1.29 is 15.9 Å². The molecule has 0 saturated carbocycles. The van der Waals surface area contributed by atoms with Gasteiger partial charge in [0.1, 0.15) is 5.75 Å². The maximum Gasteiger partial charge on any atom is 0.178 e. The van der Waals surface area contributed by atoms with Crippen LogP contribution in [0.5, 0.6) is 5.75 Å². The summed E-state index contributed by atoms with van der Waals surface area (Å²) in [6.45, 7) is 1.02. The second kappa shape index (κ2) is 3.79. The van der Waals surface area contributed by atoms with E-state index in [4.69, 9.17) is 7.48 Å². The van der Waals surface area contributed by atoms with Crippen LogP contribution in [-0.2, 0) is 9.84 Å². The van der Waals surface area contributed by atoms with Gasteiger partial charge in [0.25, 0.3) is 0 Å². The van der Waals surface area contributed by atoms with E-state index in [0.717, 1.165) is 6.92 Å². The molecule has 0 radical (unpaired) electrons. The monoisotopic (exact) mass is 203 g/mol. The van der Waals surface area contributed by atoms with Crippen LogP contribution in [0, 0.1) is 0 Å². The second-order valence-electron chi connectivity index (χ2n) is 2.39. The van der Waals surface area contributed by atoms with E-state index >= 15 is 0 Å². The third-order valence-electron chi connectivity index (χ3n) is 1.62. The molecule has 0 unspecified atom stereocenters. The van der Waals surface area contributed by atoms with Gasteiger partial charge in [-0.3, -0.25) is 0 Å². The van der Waals surface area contributed by atoms with Gasteiger partial charge in [-0.2, -0.15) is 0 Å². The molecule has 0 aromatic heterocycles. The van der Waals surface area contributed by atoms with Crippen molar-refractivity contribution >= 4 is 9.84 Å². The van der Waals surface area contributed by atoms with Crippen molar-refractivity contribution in [3.63, 3.8) is 0 Å². The third kappa shape index (κ3) is 2.21. The van der Waals surface area contributed by atoms with Crippen molar-refractivity contribution in [2.75, 3.05) is 12.8 Å². The highest BCUT2D eigenvalue weighted by atomic mass is 32.2. The van der Waals surface area contributed by atoms with E-state index in [0.29, 0.717) is 5.75 Å². The first kappa shape index (κ1) is 7.38. The Morgan fingerprint density at radius 2 is 2.23 bits per heavy atom. The first-order valence-corrected chi connectivity index (χ1v) is 5.16. The van der Waals surface area contributed by atoms with E-state index < -0.39 is 15.5 Å². The molecule has 1 aromatic rings. The number of ether oxygens (including phenoxy) is 1. The Bertz CT molecular complexity index is 449. The van der Waals surface area contributed by atoms with Crippen molar-refractivity contribution in [3.8, 4) is 5.75 Å². The average Bonchev–Trinajstić information content (AvgIpc) is 2.16. The summed E-state index contributed by atoms with van der Waals surface area (Å²) in [4.78, 5) is -0.0747. The Balaban J connectivity index is 3.29. The summed E-state index contributed by atoms with van der Waals surface area (Å²) in [5.41, 5.74) is -2.29. The van der Waals surface area contributed by atoms with E-state index in [2.05, 4.69) is 0 Å². The summed E-state index contributed by atoms with van der Waals surface area (Å²) in [6, 6.07) is 5.76. The van der Waals surface area contributed by atoms with Crippen LogP contribution in [0.25, 0.3) is 0 Å². The molecule has 1 rings (SSSR count). The second-order valence-corrected chi connectivity index (χ2v) is 4.27. The topological polar surface area (TPSA) is 43.4 Å². The predicted octanol–water partition coefficient (Wildman–Crippen LogP) is 1.49. The smallest absolute Gasteiger partial charge is 0.178 e. The van der Waals surface area contributed by atoms with E-state index in [1.165, 1.54) is 25.3 Å². The van der Waals surface area contributed by atoms with E-state index in [1.807, 2.05) is 0 Å². The number of methoxy groups -OCH3 is 1. The van der Waals surface area contributed by atoms with Crippen LogP contribution >= 0.6 is 0 Å². The Hall–Kier alpha value is -1.03. The Morgan fingerprint density at radius 3 is 2.77 bits per heavy atom. The first-order valence-electron chi connectivity index (χ1n) is 4.68. The van der Waals surface area contributed by atoms with Crippen LogP contribution in [0.1, 0.15) is 9.67 Å². The van der Waals surface area contributed by atoms with E-state index in [9.17, 15) is 8.42 Å². The molecule has 0 N–H and O–H groups in total. The Labute approximate surface area is 81.1 Å². The predicted molar refractivity (Wildman–Crippen MR) is 50.7 cm³/mol. The highest BCUT2D eigenvalue weighted by molar-refractivity contribution is 7.91. The maximum absolute atomic E-state index is 11.7. The van der Waals surface area contributed by atoms with Crippen LogP contribution in [0.15, 0.2) is 29.2 Å². The molecule has 3 nitrogen and oxygen atoms in total. The highest BCUT2D eigenvalue weighted by Gasteiger charge is 2.11. The van der Waals surface area contributed by atoms with Gasteiger partial charge in [0, 0.05) is 2.74 Å². The summed E-state index contributed by atoms with van der Waals surface area (Å²) in [5.74, 6) is 0.389. The lowest BCUT2D eigenvalue weighted by molar-refractivity contribution is 0.413. The zero-order chi connectivity index (χ0) is 11.7. The SMILES string of the molecule is [2H][13C]([2H])(C)S(=O)(=O)c1cccc(OC)c1. The van der Waals surface area contributed by atoms with Crippen LogP contribution in [0.3, 0.4) is 0 Å². The molecule has 0 fully saturated rings. The molecule has 0 heterocycles.